The summed E-state index contributed by atoms with van der Waals surface area (Å²) in [7, 11) is 0. The van der Waals surface area contributed by atoms with Gasteiger partial charge in [0, 0.05) is 18.1 Å². The number of anilines is 2. The number of amides is 2. The highest BCUT2D eigenvalue weighted by Crippen LogP contribution is 2.38. The van der Waals surface area contributed by atoms with E-state index in [-0.39, 0.29) is 15.7 Å². The van der Waals surface area contributed by atoms with Gasteiger partial charge in [-0.05, 0) is 24.3 Å². The molecule has 0 atom stereocenters. The van der Waals surface area contributed by atoms with Gasteiger partial charge in [-0.15, -0.1) is 0 Å². The van der Waals surface area contributed by atoms with Crippen molar-refractivity contribution in [2.24, 2.45) is 0 Å². The van der Waals surface area contributed by atoms with Crippen molar-refractivity contribution in [1.29, 1.82) is 0 Å². The van der Waals surface area contributed by atoms with Crippen LogP contribution >= 0.6 is 23.2 Å². The molecule has 0 fully saturated rings. The molecule has 2 aromatic rings. The first kappa shape index (κ1) is 16.4. The number of nitrogens with zero attached hydrogens (tertiary/aromatic N) is 1. The zero-order valence-corrected chi connectivity index (χ0v) is 12.2. The van der Waals surface area contributed by atoms with Crippen LogP contribution in [0.15, 0.2) is 36.7 Å². The summed E-state index contributed by atoms with van der Waals surface area (Å²) < 4.78 is 37.8. The van der Waals surface area contributed by atoms with E-state index < -0.39 is 17.8 Å². The van der Waals surface area contributed by atoms with Gasteiger partial charge in [0.05, 0.1) is 21.3 Å². The predicted molar refractivity (Wildman–Crippen MR) is 78.3 cm³/mol. The number of aromatic nitrogens is 1. The lowest BCUT2D eigenvalue weighted by molar-refractivity contribution is -0.137. The molecule has 4 nitrogen and oxygen atoms in total. The maximum atomic E-state index is 12.6. The number of hydrogen-bond acceptors (Lipinski definition) is 2. The molecule has 0 aliphatic rings. The third-order valence-electron chi connectivity index (χ3n) is 2.55. The molecule has 2 amide bonds. The first-order valence-corrected chi connectivity index (χ1v) is 6.57. The van der Waals surface area contributed by atoms with Crippen LogP contribution in [0.2, 0.25) is 10.0 Å². The monoisotopic (exact) mass is 349 g/mol. The number of alkyl halides is 3. The smallest absolute Gasteiger partial charge is 0.308 e. The predicted octanol–water partition coefficient (Wildman–Crippen LogP) is 5.05. The second kappa shape index (κ2) is 6.41. The Hall–Kier alpha value is -1.99. The maximum Gasteiger partial charge on any atom is 0.416 e. The van der Waals surface area contributed by atoms with Gasteiger partial charge in [0.15, 0.2) is 0 Å². The largest absolute Gasteiger partial charge is 0.416 e. The fraction of sp³-hybridized carbons (Fsp3) is 0.0769. The molecule has 0 saturated carbocycles. The molecule has 0 unspecified atom stereocenters. The van der Waals surface area contributed by atoms with E-state index in [1.165, 1.54) is 24.5 Å². The zero-order valence-electron chi connectivity index (χ0n) is 10.7. The van der Waals surface area contributed by atoms with Crippen molar-refractivity contribution in [2.75, 3.05) is 10.6 Å². The molecule has 9 heteroatoms. The lowest BCUT2D eigenvalue weighted by atomic mass is 10.2. The minimum atomic E-state index is -4.58. The molecule has 1 aromatic carbocycles. The number of rotatable bonds is 2. The van der Waals surface area contributed by atoms with Crippen LogP contribution in [-0.2, 0) is 6.18 Å². The van der Waals surface area contributed by atoms with Crippen LogP contribution in [0.5, 0.6) is 0 Å². The summed E-state index contributed by atoms with van der Waals surface area (Å²) in [6, 6.07) is 3.76. The van der Waals surface area contributed by atoms with E-state index in [4.69, 9.17) is 23.2 Å². The fourth-order valence-corrected chi connectivity index (χ4v) is 2.15. The number of halogens is 5. The molecular weight excluding hydrogens is 342 g/mol. The molecule has 0 bridgehead atoms. The van der Waals surface area contributed by atoms with Crippen molar-refractivity contribution in [3.8, 4) is 0 Å². The summed E-state index contributed by atoms with van der Waals surface area (Å²) in [6.45, 7) is 0. The van der Waals surface area contributed by atoms with Crippen LogP contribution in [0.3, 0.4) is 0 Å². The van der Waals surface area contributed by atoms with Crippen LogP contribution in [0.1, 0.15) is 5.56 Å². The molecule has 22 heavy (non-hydrogen) atoms. The summed E-state index contributed by atoms with van der Waals surface area (Å²) in [5.74, 6) is 0. The third kappa shape index (κ3) is 4.02. The van der Waals surface area contributed by atoms with Crippen LogP contribution < -0.4 is 10.6 Å². The van der Waals surface area contributed by atoms with Gasteiger partial charge in [-0.1, -0.05) is 23.2 Å². The Morgan fingerprint density at radius 1 is 1.05 bits per heavy atom. The van der Waals surface area contributed by atoms with E-state index in [0.717, 1.165) is 0 Å². The lowest BCUT2D eigenvalue weighted by Gasteiger charge is -2.13. The Kier molecular flexibility index (Phi) is 4.77. The van der Waals surface area contributed by atoms with Crippen LogP contribution in [0.25, 0.3) is 0 Å². The second-order valence-electron chi connectivity index (χ2n) is 4.13. The van der Waals surface area contributed by atoms with Gasteiger partial charge in [-0.25, -0.2) is 4.79 Å². The number of nitrogens with one attached hydrogen (secondary N) is 2. The van der Waals surface area contributed by atoms with Crippen molar-refractivity contribution in [3.05, 3.63) is 52.3 Å². The zero-order chi connectivity index (χ0) is 16.3. The Balaban J connectivity index is 2.18. The number of carbonyl (C=O) groups is 1. The highest BCUT2D eigenvalue weighted by Gasteiger charge is 2.32. The molecule has 2 N–H and O–H groups in total. The van der Waals surface area contributed by atoms with Gasteiger partial charge in [-0.2, -0.15) is 13.2 Å². The average Bonchev–Trinajstić information content (AvgIpc) is 2.42. The molecule has 1 heterocycles. The van der Waals surface area contributed by atoms with Gasteiger partial charge in [0.2, 0.25) is 0 Å². The van der Waals surface area contributed by atoms with E-state index in [2.05, 4.69) is 15.6 Å². The number of carbonyl (C=O) groups excluding carboxylic acids is 1. The maximum absolute atomic E-state index is 12.6. The van der Waals surface area contributed by atoms with Crippen LogP contribution in [-0.4, -0.2) is 11.0 Å². The summed E-state index contributed by atoms with van der Waals surface area (Å²) in [4.78, 5) is 15.6. The van der Waals surface area contributed by atoms with Gasteiger partial charge >= 0.3 is 12.2 Å². The van der Waals surface area contributed by atoms with Crippen molar-refractivity contribution in [3.63, 3.8) is 0 Å². The highest BCUT2D eigenvalue weighted by molar-refractivity contribution is 6.40. The highest BCUT2D eigenvalue weighted by atomic mass is 35.5. The summed E-state index contributed by atoms with van der Waals surface area (Å²) in [6.07, 6.45) is -1.65. The van der Waals surface area contributed by atoms with Gasteiger partial charge in [-0.3, -0.25) is 4.98 Å². The normalized spacial score (nSPS) is 11.1. The third-order valence-corrected chi connectivity index (χ3v) is 3.14. The molecule has 2 rings (SSSR count). The molecule has 0 radical (unpaired) electrons. The standard InChI is InChI=1S/C13H8Cl2F3N3O/c14-9-5-7(13(16,17)18)6-10(15)11(9)21-12(22)20-8-1-3-19-4-2-8/h1-6H,(H2,19,20,21,22). The van der Waals surface area contributed by atoms with Crippen molar-refractivity contribution < 1.29 is 18.0 Å². The van der Waals surface area contributed by atoms with E-state index in [1.54, 1.807) is 0 Å². The summed E-state index contributed by atoms with van der Waals surface area (Å²) in [5.41, 5.74) is -0.655. The van der Waals surface area contributed by atoms with Crippen molar-refractivity contribution in [2.45, 2.75) is 6.18 Å². The van der Waals surface area contributed by atoms with Gasteiger partial charge < -0.3 is 10.6 Å². The quantitative estimate of drug-likeness (QED) is 0.796. The lowest BCUT2D eigenvalue weighted by Crippen LogP contribution is -2.20. The Labute approximate surface area is 133 Å². The van der Waals surface area contributed by atoms with E-state index in [1.807, 2.05) is 0 Å². The Morgan fingerprint density at radius 2 is 1.59 bits per heavy atom. The van der Waals surface area contributed by atoms with Crippen LogP contribution in [0, 0.1) is 0 Å². The summed E-state index contributed by atoms with van der Waals surface area (Å²) >= 11 is 11.5. The molecule has 0 spiro atoms. The topological polar surface area (TPSA) is 54.0 Å². The van der Waals surface area contributed by atoms with E-state index in [9.17, 15) is 18.0 Å². The minimum Gasteiger partial charge on any atom is -0.308 e. The van der Waals surface area contributed by atoms with Gasteiger partial charge in [0.1, 0.15) is 0 Å². The van der Waals surface area contributed by atoms with Gasteiger partial charge in [0.25, 0.3) is 0 Å². The molecular formula is C13H8Cl2F3N3O. The fourth-order valence-electron chi connectivity index (χ4n) is 1.57. The average molecular weight is 350 g/mol. The van der Waals surface area contributed by atoms with Crippen molar-refractivity contribution in [1.82, 2.24) is 4.98 Å². The number of hydrogen-bond donors (Lipinski definition) is 2. The van der Waals surface area contributed by atoms with Crippen molar-refractivity contribution >= 4 is 40.6 Å². The molecule has 116 valence electrons. The Morgan fingerprint density at radius 3 is 2.09 bits per heavy atom. The molecule has 0 aliphatic heterocycles. The minimum absolute atomic E-state index is 0.108. The first-order valence-electron chi connectivity index (χ1n) is 5.81. The number of pyridine rings is 1. The summed E-state index contributed by atoms with van der Waals surface area (Å²) in [5, 5.41) is 4.13. The van der Waals surface area contributed by atoms with E-state index >= 15 is 0 Å². The number of urea groups is 1. The molecule has 1 aromatic heterocycles. The first-order chi connectivity index (χ1) is 10.3. The molecule has 0 saturated heterocycles. The molecule has 0 aliphatic carbocycles. The SMILES string of the molecule is O=C(Nc1ccncc1)Nc1c(Cl)cc(C(F)(F)F)cc1Cl. The second-order valence-corrected chi connectivity index (χ2v) is 4.94. The number of benzene rings is 1. The Bertz CT molecular complexity index is 670. The van der Waals surface area contributed by atoms with E-state index in [0.29, 0.717) is 17.8 Å². The van der Waals surface area contributed by atoms with Crippen LogP contribution in [0.4, 0.5) is 29.3 Å².